The zero-order valence-corrected chi connectivity index (χ0v) is 11.1. The van der Waals surface area contributed by atoms with Gasteiger partial charge in [-0.1, -0.05) is 28.1 Å². The molecule has 1 aromatic carbocycles. The summed E-state index contributed by atoms with van der Waals surface area (Å²) in [6.07, 6.45) is 4.94. The van der Waals surface area contributed by atoms with Crippen LogP contribution in [-0.2, 0) is 0 Å². The van der Waals surface area contributed by atoms with Crippen LogP contribution in [0, 0.1) is 0 Å². The molecule has 0 atom stereocenters. The molecule has 0 unspecified atom stereocenters. The number of carbonyl (C=O) groups excluding carboxylic acids is 2. The van der Waals surface area contributed by atoms with E-state index >= 15 is 0 Å². The molecule has 0 N–H and O–H groups in total. The van der Waals surface area contributed by atoms with E-state index in [1.807, 2.05) is 12.1 Å². The maximum atomic E-state index is 11.8. The molecule has 1 aromatic heterocycles. The minimum Gasteiger partial charge on any atom is -0.294 e. The van der Waals surface area contributed by atoms with Gasteiger partial charge in [-0.3, -0.25) is 14.2 Å². The lowest BCUT2D eigenvalue weighted by Gasteiger charge is -2.02. The van der Waals surface area contributed by atoms with Crippen LogP contribution in [-0.4, -0.2) is 21.2 Å². The van der Waals surface area contributed by atoms with Crippen molar-refractivity contribution in [1.29, 1.82) is 0 Å². The van der Waals surface area contributed by atoms with Crippen LogP contribution in [0.1, 0.15) is 28.0 Å². The number of hydrogen-bond donors (Lipinski definition) is 0. The van der Waals surface area contributed by atoms with E-state index in [1.54, 1.807) is 18.3 Å². The lowest BCUT2D eigenvalue weighted by atomic mass is 10.1. The number of carbonyl (C=O) groups is 2. The van der Waals surface area contributed by atoms with Crippen LogP contribution in [0.5, 0.6) is 0 Å². The highest BCUT2D eigenvalue weighted by molar-refractivity contribution is 9.10. The average Bonchev–Trinajstić information content (AvgIpc) is 2.90. The van der Waals surface area contributed by atoms with Crippen molar-refractivity contribution in [2.24, 2.45) is 0 Å². The average molecular weight is 307 g/mol. The van der Waals surface area contributed by atoms with Crippen LogP contribution in [0.2, 0.25) is 0 Å². The molecule has 5 heteroatoms. The summed E-state index contributed by atoms with van der Waals surface area (Å²) in [6, 6.07) is 7.11. The molecule has 0 aliphatic heterocycles. The van der Waals surface area contributed by atoms with E-state index in [1.165, 1.54) is 17.1 Å². The van der Waals surface area contributed by atoms with Gasteiger partial charge in [-0.2, -0.15) is 0 Å². The molecule has 2 rings (SSSR count). The van der Waals surface area contributed by atoms with Crippen molar-refractivity contribution in [3.63, 3.8) is 0 Å². The fourth-order valence-electron chi connectivity index (χ4n) is 1.54. The number of hydrogen-bond acceptors (Lipinski definition) is 3. The van der Waals surface area contributed by atoms with Crippen LogP contribution >= 0.6 is 15.9 Å². The summed E-state index contributed by atoms with van der Waals surface area (Å²) in [5, 5.41) is 0. The molecule has 0 spiro atoms. The zero-order chi connectivity index (χ0) is 13.0. The highest BCUT2D eigenvalue weighted by Crippen LogP contribution is 2.12. The first kappa shape index (κ1) is 12.7. The van der Waals surface area contributed by atoms with Crippen molar-refractivity contribution in [2.45, 2.75) is 12.8 Å². The predicted molar refractivity (Wildman–Crippen MR) is 70.6 cm³/mol. The molecule has 18 heavy (non-hydrogen) atoms. The predicted octanol–water partition coefficient (Wildman–Crippen LogP) is 2.95. The Morgan fingerprint density at radius 3 is 2.50 bits per heavy atom. The van der Waals surface area contributed by atoms with E-state index in [4.69, 9.17) is 0 Å². The van der Waals surface area contributed by atoms with Crippen molar-refractivity contribution < 1.29 is 9.59 Å². The summed E-state index contributed by atoms with van der Waals surface area (Å²) >= 11 is 3.31. The fourth-order valence-corrected chi connectivity index (χ4v) is 1.80. The number of halogens is 1. The van der Waals surface area contributed by atoms with Crippen molar-refractivity contribution in [2.75, 3.05) is 0 Å². The molecule has 0 radical (unpaired) electrons. The van der Waals surface area contributed by atoms with Gasteiger partial charge in [0.25, 0.3) is 0 Å². The SMILES string of the molecule is O=C(CCC(=O)n1ccnc1)c1ccc(Br)cc1. The fraction of sp³-hybridized carbons (Fsp3) is 0.154. The molecule has 0 saturated heterocycles. The molecule has 0 aliphatic carbocycles. The summed E-state index contributed by atoms with van der Waals surface area (Å²) < 4.78 is 2.31. The Hall–Kier alpha value is -1.75. The summed E-state index contributed by atoms with van der Waals surface area (Å²) in [5.41, 5.74) is 0.622. The summed E-state index contributed by atoms with van der Waals surface area (Å²) in [7, 11) is 0. The monoisotopic (exact) mass is 306 g/mol. The van der Waals surface area contributed by atoms with Crippen molar-refractivity contribution in [3.8, 4) is 0 Å². The number of rotatable bonds is 4. The molecule has 4 nitrogen and oxygen atoms in total. The van der Waals surface area contributed by atoms with Crippen LogP contribution in [0.4, 0.5) is 0 Å². The van der Waals surface area contributed by atoms with Crippen LogP contribution in [0.3, 0.4) is 0 Å². The maximum absolute atomic E-state index is 11.8. The Labute approximate surface area is 113 Å². The molecular formula is C13H11BrN2O2. The lowest BCUT2D eigenvalue weighted by Crippen LogP contribution is -2.10. The lowest BCUT2D eigenvalue weighted by molar-refractivity contribution is 0.0864. The van der Waals surface area contributed by atoms with Gasteiger partial charge in [-0.25, -0.2) is 4.98 Å². The third-order valence-corrected chi connectivity index (χ3v) is 3.05. The van der Waals surface area contributed by atoms with Gasteiger partial charge in [0.1, 0.15) is 6.33 Å². The van der Waals surface area contributed by atoms with Gasteiger partial charge in [0, 0.05) is 35.3 Å². The van der Waals surface area contributed by atoms with Gasteiger partial charge < -0.3 is 0 Å². The Bertz CT molecular complexity index is 547. The third-order valence-electron chi connectivity index (χ3n) is 2.52. The number of benzene rings is 1. The molecule has 92 valence electrons. The molecule has 1 heterocycles. The number of aromatic nitrogens is 2. The Morgan fingerprint density at radius 2 is 1.89 bits per heavy atom. The Kier molecular flexibility index (Phi) is 4.04. The largest absolute Gasteiger partial charge is 0.294 e. The van der Waals surface area contributed by atoms with Gasteiger partial charge >= 0.3 is 0 Å². The van der Waals surface area contributed by atoms with Gasteiger partial charge in [-0.05, 0) is 12.1 Å². The molecule has 2 aromatic rings. The van der Waals surface area contributed by atoms with Gasteiger partial charge in [0.15, 0.2) is 5.78 Å². The molecule has 0 aliphatic rings. The van der Waals surface area contributed by atoms with Crippen LogP contribution in [0.15, 0.2) is 47.5 Å². The highest BCUT2D eigenvalue weighted by atomic mass is 79.9. The van der Waals surface area contributed by atoms with E-state index in [9.17, 15) is 9.59 Å². The second-order valence-electron chi connectivity index (χ2n) is 3.79. The Balaban J connectivity index is 1.92. The Morgan fingerprint density at radius 1 is 1.17 bits per heavy atom. The maximum Gasteiger partial charge on any atom is 0.232 e. The number of ketones is 1. The van der Waals surface area contributed by atoms with Crippen LogP contribution in [0.25, 0.3) is 0 Å². The summed E-state index contributed by atoms with van der Waals surface area (Å²) in [6.45, 7) is 0. The third kappa shape index (κ3) is 3.13. The van der Waals surface area contributed by atoms with Crippen LogP contribution < -0.4 is 0 Å². The molecule has 0 bridgehead atoms. The van der Waals surface area contributed by atoms with E-state index < -0.39 is 0 Å². The second kappa shape index (κ2) is 5.73. The van der Waals surface area contributed by atoms with Crippen molar-refractivity contribution >= 4 is 27.6 Å². The summed E-state index contributed by atoms with van der Waals surface area (Å²) in [5.74, 6) is -0.158. The molecular weight excluding hydrogens is 296 g/mol. The smallest absolute Gasteiger partial charge is 0.232 e. The summed E-state index contributed by atoms with van der Waals surface area (Å²) in [4.78, 5) is 27.3. The molecule has 0 fully saturated rings. The standard InChI is InChI=1S/C13H11BrN2O2/c14-11-3-1-10(2-4-11)12(17)5-6-13(18)16-8-7-15-9-16/h1-4,7-9H,5-6H2. The van der Waals surface area contributed by atoms with Crippen molar-refractivity contribution in [1.82, 2.24) is 9.55 Å². The van der Waals surface area contributed by atoms with Gasteiger partial charge in [0.05, 0.1) is 0 Å². The van der Waals surface area contributed by atoms with E-state index in [0.29, 0.717) is 5.56 Å². The minimum absolute atomic E-state index is 0.0315. The highest BCUT2D eigenvalue weighted by Gasteiger charge is 2.10. The van der Waals surface area contributed by atoms with Gasteiger partial charge in [-0.15, -0.1) is 0 Å². The molecule has 0 saturated carbocycles. The number of nitrogens with zero attached hydrogens (tertiary/aromatic N) is 2. The van der Waals surface area contributed by atoms with E-state index in [0.717, 1.165) is 4.47 Å². The molecule has 0 amide bonds. The van der Waals surface area contributed by atoms with E-state index in [2.05, 4.69) is 20.9 Å². The normalized spacial score (nSPS) is 10.3. The number of imidazole rings is 1. The zero-order valence-electron chi connectivity index (χ0n) is 9.54. The first-order chi connectivity index (χ1) is 8.66. The quantitative estimate of drug-likeness (QED) is 0.816. The topological polar surface area (TPSA) is 52.0 Å². The minimum atomic E-state index is -0.127. The second-order valence-corrected chi connectivity index (χ2v) is 4.71. The van der Waals surface area contributed by atoms with Gasteiger partial charge in [0.2, 0.25) is 5.91 Å². The van der Waals surface area contributed by atoms with E-state index in [-0.39, 0.29) is 24.5 Å². The van der Waals surface area contributed by atoms with Crippen molar-refractivity contribution in [3.05, 3.63) is 53.0 Å². The first-order valence-corrected chi connectivity index (χ1v) is 6.26. The first-order valence-electron chi connectivity index (χ1n) is 5.47. The number of Topliss-reactive ketones (excluding diaryl/α,β-unsaturated/α-hetero) is 1.